The van der Waals surface area contributed by atoms with E-state index < -0.39 is 0 Å². The topological polar surface area (TPSA) is 109 Å². The Hall–Kier alpha value is -1.06. The summed E-state index contributed by atoms with van der Waals surface area (Å²) in [4.78, 5) is 2.48. The van der Waals surface area contributed by atoms with Crippen molar-refractivity contribution in [3.8, 4) is 0 Å². The van der Waals surface area contributed by atoms with Gasteiger partial charge in [-0.1, -0.05) is 51.1 Å². The van der Waals surface area contributed by atoms with Gasteiger partial charge in [0, 0.05) is 31.6 Å². The average Bonchev–Trinajstić information content (AvgIpc) is 3.40. The molecule has 1 aromatic carbocycles. The van der Waals surface area contributed by atoms with E-state index in [1.165, 1.54) is 37.7 Å². The third-order valence-corrected chi connectivity index (χ3v) is 13.3. The third kappa shape index (κ3) is 7.50. The fourth-order valence-corrected chi connectivity index (χ4v) is 11.2. The van der Waals surface area contributed by atoms with Gasteiger partial charge < -0.3 is 36.3 Å². The van der Waals surface area contributed by atoms with E-state index in [1.807, 2.05) is 0 Å². The maximum atomic E-state index is 6.87. The molecule has 6 N–H and O–H groups in total. The van der Waals surface area contributed by atoms with Crippen molar-refractivity contribution in [2.24, 2.45) is 63.5 Å². The molecule has 1 aromatic rings. The molecule has 0 radical (unpaired) electrons. The van der Waals surface area contributed by atoms with Crippen LogP contribution < -0.4 is 17.2 Å². The summed E-state index contributed by atoms with van der Waals surface area (Å²) in [5, 5.41) is 0. The SMILES string of the molecule is C[C@H](CCCN(C)Cc1ccccc1)[C@H]1CC[C@H]2C3[C@H](OCCN)CC4C[C@H](OCCN)CCC4(C)[C@H]3C[C@H](OCCN)C12C. The second-order valence-corrected chi connectivity index (χ2v) is 15.8. The molecular weight excluding hydrogens is 560 g/mol. The molecule has 256 valence electrons. The number of hydrogen-bond acceptors (Lipinski definition) is 7. The summed E-state index contributed by atoms with van der Waals surface area (Å²) < 4.78 is 19.9. The minimum Gasteiger partial charge on any atom is -0.377 e. The fraction of sp³-hybridized carbons (Fsp3) is 0.842. The van der Waals surface area contributed by atoms with E-state index in [4.69, 9.17) is 31.4 Å². The van der Waals surface area contributed by atoms with E-state index >= 15 is 0 Å². The maximum Gasteiger partial charge on any atom is 0.0637 e. The molecule has 7 nitrogen and oxygen atoms in total. The molecule has 4 aliphatic rings. The van der Waals surface area contributed by atoms with Crippen LogP contribution >= 0.6 is 0 Å². The van der Waals surface area contributed by atoms with Crippen molar-refractivity contribution in [3.05, 3.63) is 35.9 Å². The molecule has 5 rings (SSSR count). The van der Waals surface area contributed by atoms with Crippen molar-refractivity contribution in [2.75, 3.05) is 53.0 Å². The van der Waals surface area contributed by atoms with Gasteiger partial charge in [0.1, 0.15) is 0 Å². The molecule has 0 aromatic heterocycles. The largest absolute Gasteiger partial charge is 0.377 e. The molecule has 45 heavy (non-hydrogen) atoms. The number of hydrogen-bond donors (Lipinski definition) is 3. The minimum absolute atomic E-state index is 0.140. The molecule has 4 fully saturated rings. The van der Waals surface area contributed by atoms with Crippen LogP contribution in [0.25, 0.3) is 0 Å². The lowest BCUT2D eigenvalue weighted by Crippen LogP contribution is -2.63. The molecule has 11 atom stereocenters. The second-order valence-electron chi connectivity index (χ2n) is 15.8. The molecule has 0 amide bonds. The van der Waals surface area contributed by atoms with Crippen LogP contribution in [0.1, 0.15) is 84.1 Å². The van der Waals surface area contributed by atoms with Gasteiger partial charge in [0.15, 0.2) is 0 Å². The second kappa shape index (κ2) is 15.9. The highest BCUT2D eigenvalue weighted by Crippen LogP contribution is 2.69. The first kappa shape index (κ1) is 35.3. The van der Waals surface area contributed by atoms with Crippen molar-refractivity contribution in [3.63, 3.8) is 0 Å². The predicted molar refractivity (Wildman–Crippen MR) is 184 cm³/mol. The number of ether oxygens (including phenoxy) is 3. The standard InChI is InChI=1S/C38H66N4O3/c1-27(9-8-19-42(4)26-28-10-6-5-7-11-28)31-12-13-32-36-33(25-35(38(31,32)3)45-22-18-41)37(2)15-14-30(43-20-16-39)23-29(37)24-34(36)44-21-17-40/h5-7,10-11,27,29-36H,8-9,12-26,39-41H2,1-4H3/t27-,29?,30-,31-,32+,33+,34-,35+,36?,37?,38?/m1/s1. The van der Waals surface area contributed by atoms with Crippen LogP contribution in [-0.2, 0) is 20.8 Å². The Morgan fingerprint density at radius 1 is 0.867 bits per heavy atom. The highest BCUT2D eigenvalue weighted by molar-refractivity contribution is 5.16. The van der Waals surface area contributed by atoms with Crippen molar-refractivity contribution < 1.29 is 14.2 Å². The van der Waals surface area contributed by atoms with Gasteiger partial charge >= 0.3 is 0 Å². The van der Waals surface area contributed by atoms with E-state index in [0.29, 0.717) is 81.1 Å². The minimum atomic E-state index is 0.140. The summed E-state index contributed by atoms with van der Waals surface area (Å²) in [6.45, 7) is 13.6. The predicted octanol–water partition coefficient (Wildman–Crippen LogP) is 5.45. The lowest BCUT2D eigenvalue weighted by molar-refractivity contribution is -0.226. The highest BCUT2D eigenvalue weighted by atomic mass is 16.5. The lowest BCUT2D eigenvalue weighted by Gasteiger charge is -2.64. The fourth-order valence-electron chi connectivity index (χ4n) is 11.2. The van der Waals surface area contributed by atoms with Crippen molar-refractivity contribution in [2.45, 2.75) is 103 Å². The van der Waals surface area contributed by atoms with E-state index in [0.717, 1.165) is 38.8 Å². The van der Waals surface area contributed by atoms with Crippen LogP contribution in [-0.4, -0.2) is 76.3 Å². The monoisotopic (exact) mass is 627 g/mol. The molecule has 7 heteroatoms. The first-order valence-electron chi connectivity index (χ1n) is 18.4. The van der Waals surface area contributed by atoms with E-state index in [2.05, 4.69) is 63.1 Å². The van der Waals surface area contributed by atoms with Crippen LogP contribution in [0.15, 0.2) is 30.3 Å². The molecule has 0 bridgehead atoms. The van der Waals surface area contributed by atoms with E-state index in [-0.39, 0.29) is 23.0 Å². The van der Waals surface area contributed by atoms with Gasteiger partial charge in [-0.3, -0.25) is 0 Å². The zero-order chi connectivity index (χ0) is 32.0. The molecule has 4 unspecified atom stereocenters. The Kier molecular flexibility index (Phi) is 12.4. The summed E-state index contributed by atoms with van der Waals surface area (Å²) in [6.07, 6.45) is 11.7. The van der Waals surface area contributed by atoms with Crippen molar-refractivity contribution in [1.29, 1.82) is 0 Å². The smallest absolute Gasteiger partial charge is 0.0637 e. The van der Waals surface area contributed by atoms with Crippen molar-refractivity contribution >= 4 is 0 Å². The van der Waals surface area contributed by atoms with Crippen LogP contribution in [0.5, 0.6) is 0 Å². The molecule has 0 heterocycles. The Morgan fingerprint density at radius 3 is 2.31 bits per heavy atom. The summed E-state index contributed by atoms with van der Waals surface area (Å²) in [7, 11) is 2.26. The average molecular weight is 627 g/mol. The number of rotatable bonds is 16. The number of fused-ring (bicyclic) bond motifs is 5. The molecule has 4 saturated carbocycles. The quantitative estimate of drug-likeness (QED) is 0.224. The van der Waals surface area contributed by atoms with Crippen molar-refractivity contribution in [1.82, 2.24) is 4.90 Å². The third-order valence-electron chi connectivity index (χ3n) is 13.3. The van der Waals surface area contributed by atoms with Gasteiger partial charge in [-0.2, -0.15) is 0 Å². The van der Waals surface area contributed by atoms with E-state index in [9.17, 15) is 0 Å². The zero-order valence-corrected chi connectivity index (χ0v) is 29.0. The molecule has 0 spiro atoms. The van der Waals surface area contributed by atoms with Gasteiger partial charge in [-0.05, 0) is 118 Å². The first-order chi connectivity index (χ1) is 21.8. The number of benzene rings is 1. The molecule has 0 saturated heterocycles. The Labute approximate surface area is 274 Å². The normalized spacial score (nSPS) is 38.5. The zero-order valence-electron chi connectivity index (χ0n) is 29.0. The molecule has 4 aliphatic carbocycles. The van der Waals surface area contributed by atoms with Gasteiger partial charge in [0.05, 0.1) is 38.1 Å². The van der Waals surface area contributed by atoms with Crippen LogP contribution in [0.4, 0.5) is 0 Å². The van der Waals surface area contributed by atoms with Crippen LogP contribution in [0.3, 0.4) is 0 Å². The molecular formula is C38H66N4O3. The Balaban J connectivity index is 1.33. The first-order valence-corrected chi connectivity index (χ1v) is 18.4. The summed E-state index contributed by atoms with van der Waals surface area (Å²) in [6, 6.07) is 10.8. The maximum absolute atomic E-state index is 6.87. The summed E-state index contributed by atoms with van der Waals surface area (Å²) in [5.74, 6) is 3.69. The van der Waals surface area contributed by atoms with Gasteiger partial charge in [-0.15, -0.1) is 0 Å². The number of nitrogens with zero attached hydrogens (tertiary/aromatic N) is 1. The number of nitrogens with two attached hydrogens (primary N) is 3. The van der Waals surface area contributed by atoms with E-state index in [1.54, 1.807) is 0 Å². The Bertz CT molecular complexity index is 1030. The Morgan fingerprint density at radius 2 is 1.58 bits per heavy atom. The highest BCUT2D eigenvalue weighted by Gasteiger charge is 2.66. The molecule has 0 aliphatic heterocycles. The van der Waals surface area contributed by atoms with Gasteiger partial charge in [0.2, 0.25) is 0 Å². The lowest BCUT2D eigenvalue weighted by atomic mass is 9.43. The van der Waals surface area contributed by atoms with Crippen LogP contribution in [0, 0.1) is 46.3 Å². The summed E-state index contributed by atoms with van der Waals surface area (Å²) >= 11 is 0. The van der Waals surface area contributed by atoms with Gasteiger partial charge in [0.25, 0.3) is 0 Å². The van der Waals surface area contributed by atoms with Crippen LogP contribution in [0.2, 0.25) is 0 Å². The summed E-state index contributed by atoms with van der Waals surface area (Å²) in [5.41, 5.74) is 19.7. The van der Waals surface area contributed by atoms with Gasteiger partial charge in [-0.25, -0.2) is 0 Å².